The number of fused-ring (bicyclic) bond motifs is 2. The number of rotatable bonds is 6. The predicted molar refractivity (Wildman–Crippen MR) is 106 cm³/mol. The maximum absolute atomic E-state index is 13.0. The summed E-state index contributed by atoms with van der Waals surface area (Å²) in [5.74, 6) is -0.597. The van der Waals surface area contributed by atoms with Crippen molar-refractivity contribution in [2.45, 2.75) is 53.4 Å². The lowest BCUT2D eigenvalue weighted by Crippen LogP contribution is -2.59. The monoisotopic (exact) mass is 384 g/mol. The largest absolute Gasteiger partial charge is 0.326 e. The molecule has 1 saturated carbocycles. The summed E-state index contributed by atoms with van der Waals surface area (Å²) in [6.07, 6.45) is 2.10. The maximum atomic E-state index is 13.0. The fourth-order valence-corrected chi connectivity index (χ4v) is 4.55. The van der Waals surface area contributed by atoms with Crippen LogP contribution in [-0.4, -0.2) is 34.9 Å². The molecule has 3 amide bonds. The van der Waals surface area contributed by atoms with Gasteiger partial charge in [-0.05, 0) is 43.7 Å². The van der Waals surface area contributed by atoms with Gasteiger partial charge >= 0.3 is 0 Å². The van der Waals surface area contributed by atoms with Crippen LogP contribution < -0.4 is 5.32 Å². The number of piperidine rings is 1. The first-order chi connectivity index (χ1) is 13.1. The first kappa shape index (κ1) is 20.2. The van der Waals surface area contributed by atoms with E-state index in [9.17, 15) is 19.2 Å². The molecule has 1 saturated heterocycles. The van der Waals surface area contributed by atoms with E-state index in [0.29, 0.717) is 17.7 Å². The number of carbonyl (C=O) groups is 4. The SMILES string of the molecule is CC(=O)c1cccc(NC(=O)CCCN2C(=O)C3CCC(C)(C2=O)C3(C)C)c1. The van der Waals surface area contributed by atoms with Crippen LogP contribution in [-0.2, 0) is 14.4 Å². The molecule has 1 N–H and O–H groups in total. The van der Waals surface area contributed by atoms with Gasteiger partial charge in [0.15, 0.2) is 5.78 Å². The van der Waals surface area contributed by atoms with Crippen LogP contribution in [0.15, 0.2) is 24.3 Å². The summed E-state index contributed by atoms with van der Waals surface area (Å²) in [6.45, 7) is 7.73. The molecule has 1 heterocycles. The molecule has 6 nitrogen and oxygen atoms in total. The number of amides is 3. The van der Waals surface area contributed by atoms with E-state index in [1.807, 2.05) is 20.8 Å². The summed E-state index contributed by atoms with van der Waals surface area (Å²) in [5.41, 5.74) is 0.265. The fraction of sp³-hybridized carbons (Fsp3) is 0.545. The van der Waals surface area contributed by atoms with Gasteiger partial charge in [0.25, 0.3) is 0 Å². The lowest BCUT2D eigenvalue weighted by molar-refractivity contribution is -0.168. The van der Waals surface area contributed by atoms with Crippen molar-refractivity contribution in [3.8, 4) is 0 Å². The van der Waals surface area contributed by atoms with Crippen molar-refractivity contribution in [1.82, 2.24) is 4.90 Å². The number of hydrogen-bond donors (Lipinski definition) is 1. The zero-order chi connectivity index (χ0) is 20.7. The highest BCUT2D eigenvalue weighted by atomic mass is 16.2. The smallest absolute Gasteiger partial charge is 0.235 e. The number of nitrogens with zero attached hydrogens (tertiary/aromatic N) is 1. The Balaban J connectivity index is 1.57. The molecule has 1 aromatic rings. The van der Waals surface area contributed by atoms with Gasteiger partial charge in [-0.1, -0.05) is 32.9 Å². The van der Waals surface area contributed by atoms with Crippen molar-refractivity contribution in [3.63, 3.8) is 0 Å². The molecule has 1 aliphatic carbocycles. The number of hydrogen-bond acceptors (Lipinski definition) is 4. The zero-order valence-corrected chi connectivity index (χ0v) is 17.0. The molecule has 2 atom stereocenters. The Morgan fingerprint density at radius 3 is 2.61 bits per heavy atom. The van der Waals surface area contributed by atoms with E-state index in [1.165, 1.54) is 11.8 Å². The molecule has 150 valence electrons. The van der Waals surface area contributed by atoms with Gasteiger partial charge in [0.2, 0.25) is 17.7 Å². The molecule has 1 aliphatic heterocycles. The number of nitrogens with one attached hydrogen (secondary N) is 1. The molecular formula is C22H28N2O4. The average molecular weight is 384 g/mol. The van der Waals surface area contributed by atoms with Gasteiger partial charge < -0.3 is 5.32 Å². The number of carbonyl (C=O) groups excluding carboxylic acids is 4. The van der Waals surface area contributed by atoms with Crippen molar-refractivity contribution in [2.24, 2.45) is 16.7 Å². The molecule has 2 bridgehead atoms. The molecule has 3 rings (SSSR count). The molecular weight excluding hydrogens is 356 g/mol. The summed E-state index contributed by atoms with van der Waals surface area (Å²) < 4.78 is 0. The van der Waals surface area contributed by atoms with E-state index >= 15 is 0 Å². The quantitative estimate of drug-likeness (QED) is 0.602. The van der Waals surface area contributed by atoms with Gasteiger partial charge in [-0.15, -0.1) is 0 Å². The number of Topliss-reactive ketones (excluding diaryl/α,β-unsaturated/α-hetero) is 1. The Kier molecular flexibility index (Phi) is 5.17. The first-order valence-electron chi connectivity index (χ1n) is 9.84. The first-order valence-corrected chi connectivity index (χ1v) is 9.84. The lowest BCUT2D eigenvalue weighted by atomic mass is 9.62. The summed E-state index contributed by atoms with van der Waals surface area (Å²) in [6, 6.07) is 6.78. The Morgan fingerprint density at radius 1 is 1.21 bits per heavy atom. The van der Waals surface area contributed by atoms with Crippen molar-refractivity contribution < 1.29 is 19.2 Å². The Labute approximate surface area is 165 Å². The number of anilines is 1. The van der Waals surface area contributed by atoms with E-state index < -0.39 is 5.41 Å². The van der Waals surface area contributed by atoms with Crippen molar-refractivity contribution in [3.05, 3.63) is 29.8 Å². The third kappa shape index (κ3) is 3.25. The van der Waals surface area contributed by atoms with Gasteiger partial charge in [0.05, 0.1) is 5.41 Å². The normalized spacial score (nSPS) is 25.7. The van der Waals surface area contributed by atoms with E-state index in [1.54, 1.807) is 24.3 Å². The van der Waals surface area contributed by atoms with E-state index in [-0.39, 0.29) is 47.8 Å². The molecule has 6 heteroatoms. The number of imide groups is 1. The third-order valence-electron chi connectivity index (χ3n) is 6.85. The minimum absolute atomic E-state index is 0.0655. The van der Waals surface area contributed by atoms with E-state index in [0.717, 1.165) is 12.8 Å². The zero-order valence-electron chi connectivity index (χ0n) is 17.0. The molecule has 2 aliphatic rings. The molecule has 2 unspecified atom stereocenters. The van der Waals surface area contributed by atoms with Gasteiger partial charge in [0, 0.05) is 30.1 Å². The van der Waals surface area contributed by atoms with Crippen LogP contribution >= 0.6 is 0 Å². The number of benzene rings is 1. The van der Waals surface area contributed by atoms with Gasteiger partial charge in [0.1, 0.15) is 0 Å². The molecule has 0 spiro atoms. The highest BCUT2D eigenvalue weighted by molar-refractivity contribution is 6.04. The fourth-order valence-electron chi connectivity index (χ4n) is 4.55. The molecule has 28 heavy (non-hydrogen) atoms. The summed E-state index contributed by atoms with van der Waals surface area (Å²) in [5, 5.41) is 2.77. The highest BCUT2D eigenvalue weighted by Gasteiger charge is 2.64. The Morgan fingerprint density at radius 2 is 1.93 bits per heavy atom. The number of likely N-dealkylation sites (tertiary alicyclic amines) is 1. The minimum Gasteiger partial charge on any atom is -0.326 e. The topological polar surface area (TPSA) is 83.6 Å². The predicted octanol–water partition coefficient (Wildman–Crippen LogP) is 3.42. The second kappa shape index (κ2) is 7.15. The van der Waals surface area contributed by atoms with Crippen LogP contribution in [0.4, 0.5) is 5.69 Å². The van der Waals surface area contributed by atoms with E-state index in [4.69, 9.17) is 0 Å². The molecule has 0 aromatic heterocycles. The standard InChI is InChI=1S/C22H28N2O4/c1-14(25)15-7-5-8-16(13-15)23-18(26)9-6-12-24-19(27)17-10-11-22(4,20(24)28)21(17,2)3/h5,7-8,13,17H,6,9-12H2,1-4H3,(H,23,26). The van der Waals surface area contributed by atoms with Crippen molar-refractivity contribution >= 4 is 29.2 Å². The van der Waals surface area contributed by atoms with Crippen LogP contribution in [0.25, 0.3) is 0 Å². The Hall–Kier alpha value is -2.50. The lowest BCUT2D eigenvalue weighted by Gasteiger charge is -2.47. The van der Waals surface area contributed by atoms with E-state index in [2.05, 4.69) is 5.32 Å². The summed E-state index contributed by atoms with van der Waals surface area (Å²) >= 11 is 0. The van der Waals surface area contributed by atoms with Crippen molar-refractivity contribution in [2.75, 3.05) is 11.9 Å². The molecule has 1 aromatic carbocycles. The van der Waals surface area contributed by atoms with Crippen LogP contribution in [0.5, 0.6) is 0 Å². The van der Waals surface area contributed by atoms with Crippen LogP contribution in [0.2, 0.25) is 0 Å². The second-order valence-electron chi connectivity index (χ2n) is 8.73. The minimum atomic E-state index is -0.513. The highest BCUT2D eigenvalue weighted by Crippen LogP contribution is 2.60. The molecule has 2 fully saturated rings. The average Bonchev–Trinajstić information content (AvgIpc) is 2.82. The van der Waals surface area contributed by atoms with Gasteiger partial charge in [-0.3, -0.25) is 24.1 Å². The van der Waals surface area contributed by atoms with Crippen LogP contribution in [0.1, 0.15) is 63.7 Å². The summed E-state index contributed by atoms with van der Waals surface area (Å²) in [4.78, 5) is 50.8. The number of ketones is 1. The Bertz CT molecular complexity index is 845. The van der Waals surface area contributed by atoms with Gasteiger partial charge in [-0.25, -0.2) is 0 Å². The van der Waals surface area contributed by atoms with Crippen LogP contribution in [0.3, 0.4) is 0 Å². The van der Waals surface area contributed by atoms with Crippen LogP contribution in [0, 0.1) is 16.7 Å². The van der Waals surface area contributed by atoms with Crippen molar-refractivity contribution in [1.29, 1.82) is 0 Å². The summed E-state index contributed by atoms with van der Waals surface area (Å²) in [7, 11) is 0. The maximum Gasteiger partial charge on any atom is 0.235 e. The third-order valence-corrected chi connectivity index (χ3v) is 6.85. The second-order valence-corrected chi connectivity index (χ2v) is 8.73. The van der Waals surface area contributed by atoms with Gasteiger partial charge in [-0.2, -0.15) is 0 Å². The molecule has 0 radical (unpaired) electrons.